The SMILES string of the molecule is O=S(=O)(NCCNCCc1c[nH]c2ccccc12)c1ccc2cnccc2c1. The number of hydrogen-bond donors (Lipinski definition) is 3. The Bertz CT molecular complexity index is 1200. The molecule has 4 aromatic rings. The predicted octanol–water partition coefficient (Wildman–Crippen LogP) is 2.83. The Morgan fingerprint density at radius 3 is 2.79 bits per heavy atom. The van der Waals surface area contributed by atoms with Crippen LogP contribution in [0.25, 0.3) is 21.7 Å². The van der Waals surface area contributed by atoms with Crippen LogP contribution in [-0.2, 0) is 16.4 Å². The second-order valence-corrected chi connectivity index (χ2v) is 8.41. The van der Waals surface area contributed by atoms with Gasteiger partial charge < -0.3 is 10.3 Å². The average molecular weight is 395 g/mol. The number of hydrogen-bond acceptors (Lipinski definition) is 4. The highest BCUT2D eigenvalue weighted by Gasteiger charge is 2.13. The minimum absolute atomic E-state index is 0.269. The maximum Gasteiger partial charge on any atom is 0.240 e. The molecule has 0 aliphatic heterocycles. The fourth-order valence-electron chi connectivity index (χ4n) is 3.27. The van der Waals surface area contributed by atoms with Crippen molar-refractivity contribution in [2.45, 2.75) is 11.3 Å². The van der Waals surface area contributed by atoms with E-state index in [4.69, 9.17) is 0 Å². The van der Waals surface area contributed by atoms with Crippen molar-refractivity contribution in [3.8, 4) is 0 Å². The topological polar surface area (TPSA) is 86.9 Å². The molecule has 0 saturated carbocycles. The molecular formula is C21H22N4O2S. The van der Waals surface area contributed by atoms with Crippen LogP contribution in [0.3, 0.4) is 0 Å². The van der Waals surface area contributed by atoms with E-state index in [9.17, 15) is 8.42 Å². The normalized spacial score (nSPS) is 12.0. The van der Waals surface area contributed by atoms with Gasteiger partial charge in [-0.3, -0.25) is 4.98 Å². The number of aromatic amines is 1. The molecule has 0 fully saturated rings. The van der Waals surface area contributed by atoms with E-state index in [2.05, 4.69) is 32.1 Å². The summed E-state index contributed by atoms with van der Waals surface area (Å²) in [5, 5.41) is 6.30. The third kappa shape index (κ3) is 4.06. The molecule has 2 aromatic heterocycles. The molecule has 4 rings (SSSR count). The number of para-hydroxylation sites is 1. The first-order chi connectivity index (χ1) is 13.6. The predicted molar refractivity (Wildman–Crippen MR) is 112 cm³/mol. The summed E-state index contributed by atoms with van der Waals surface area (Å²) in [6.45, 7) is 1.69. The van der Waals surface area contributed by atoms with E-state index in [-0.39, 0.29) is 4.90 Å². The second kappa shape index (κ2) is 8.10. The van der Waals surface area contributed by atoms with Crippen molar-refractivity contribution in [2.24, 2.45) is 0 Å². The number of aromatic nitrogens is 2. The van der Waals surface area contributed by atoms with Crippen molar-refractivity contribution >= 4 is 31.7 Å². The number of nitrogens with zero attached hydrogens (tertiary/aromatic N) is 1. The van der Waals surface area contributed by atoms with Crippen molar-refractivity contribution in [1.82, 2.24) is 20.0 Å². The maximum absolute atomic E-state index is 12.5. The first-order valence-corrected chi connectivity index (χ1v) is 10.7. The lowest BCUT2D eigenvalue weighted by molar-refractivity contribution is 0.576. The molecule has 0 unspecified atom stereocenters. The molecule has 0 bridgehead atoms. The van der Waals surface area contributed by atoms with Gasteiger partial charge in [0, 0.05) is 48.0 Å². The maximum atomic E-state index is 12.5. The van der Waals surface area contributed by atoms with Crippen LogP contribution in [0.2, 0.25) is 0 Å². The summed E-state index contributed by atoms with van der Waals surface area (Å²) >= 11 is 0. The number of sulfonamides is 1. The van der Waals surface area contributed by atoms with Gasteiger partial charge in [0.25, 0.3) is 0 Å². The molecule has 0 aliphatic carbocycles. The van der Waals surface area contributed by atoms with E-state index in [1.165, 1.54) is 10.9 Å². The summed E-state index contributed by atoms with van der Waals surface area (Å²) in [4.78, 5) is 7.58. The van der Waals surface area contributed by atoms with Crippen LogP contribution in [0, 0.1) is 0 Å². The second-order valence-electron chi connectivity index (χ2n) is 6.64. The lowest BCUT2D eigenvalue weighted by Gasteiger charge is -2.09. The monoisotopic (exact) mass is 394 g/mol. The number of H-pyrrole nitrogens is 1. The van der Waals surface area contributed by atoms with E-state index in [0.717, 1.165) is 29.3 Å². The molecular weight excluding hydrogens is 372 g/mol. The van der Waals surface area contributed by atoms with Gasteiger partial charge in [0.2, 0.25) is 10.0 Å². The van der Waals surface area contributed by atoms with Gasteiger partial charge >= 0.3 is 0 Å². The molecule has 0 atom stereocenters. The number of rotatable bonds is 8. The summed E-state index contributed by atoms with van der Waals surface area (Å²) in [5.74, 6) is 0. The van der Waals surface area contributed by atoms with Crippen molar-refractivity contribution in [3.05, 3.63) is 72.7 Å². The number of nitrogens with one attached hydrogen (secondary N) is 3. The van der Waals surface area contributed by atoms with Gasteiger partial charge in [0.15, 0.2) is 0 Å². The number of pyridine rings is 1. The molecule has 2 aromatic carbocycles. The summed E-state index contributed by atoms with van der Waals surface area (Å²) < 4.78 is 27.6. The van der Waals surface area contributed by atoms with E-state index in [0.29, 0.717) is 13.1 Å². The molecule has 6 nitrogen and oxygen atoms in total. The molecule has 0 amide bonds. The Balaban J connectivity index is 1.27. The highest BCUT2D eigenvalue weighted by molar-refractivity contribution is 7.89. The Labute approximate surface area is 164 Å². The van der Waals surface area contributed by atoms with Crippen LogP contribution in [-0.4, -0.2) is 38.0 Å². The summed E-state index contributed by atoms with van der Waals surface area (Å²) in [5.41, 5.74) is 2.39. The molecule has 2 heterocycles. The van der Waals surface area contributed by atoms with Crippen molar-refractivity contribution < 1.29 is 8.42 Å². The molecule has 144 valence electrons. The van der Waals surface area contributed by atoms with Crippen LogP contribution >= 0.6 is 0 Å². The molecule has 7 heteroatoms. The van der Waals surface area contributed by atoms with Gasteiger partial charge in [-0.1, -0.05) is 24.3 Å². The summed E-state index contributed by atoms with van der Waals surface area (Å²) in [6, 6.07) is 15.1. The van der Waals surface area contributed by atoms with Crippen molar-refractivity contribution in [1.29, 1.82) is 0 Å². The highest BCUT2D eigenvalue weighted by atomic mass is 32.2. The first kappa shape index (κ1) is 18.6. The van der Waals surface area contributed by atoms with Gasteiger partial charge in [-0.2, -0.15) is 0 Å². The van der Waals surface area contributed by atoms with Crippen LogP contribution < -0.4 is 10.0 Å². The smallest absolute Gasteiger partial charge is 0.240 e. The zero-order valence-corrected chi connectivity index (χ0v) is 16.2. The summed E-state index contributed by atoms with van der Waals surface area (Å²) in [6.07, 6.45) is 6.29. The van der Waals surface area contributed by atoms with Crippen molar-refractivity contribution in [2.75, 3.05) is 19.6 Å². The van der Waals surface area contributed by atoms with E-state index < -0.39 is 10.0 Å². The van der Waals surface area contributed by atoms with Crippen LogP contribution in [0.4, 0.5) is 0 Å². The standard InChI is InChI=1S/C21H22N4O2S/c26-28(27,19-6-5-17-14-23-10-7-16(17)13-19)25-12-11-22-9-8-18-15-24-21-4-2-1-3-20(18)21/h1-7,10,13-15,22,24-25H,8-9,11-12H2. The van der Waals surface area contributed by atoms with Crippen molar-refractivity contribution in [3.63, 3.8) is 0 Å². The third-order valence-corrected chi connectivity index (χ3v) is 6.22. The molecule has 0 saturated heterocycles. The molecule has 0 radical (unpaired) electrons. The molecule has 0 aliphatic rings. The quantitative estimate of drug-likeness (QED) is 0.401. The van der Waals surface area contributed by atoms with Gasteiger partial charge in [-0.05, 0) is 48.2 Å². The molecule has 28 heavy (non-hydrogen) atoms. The first-order valence-electron chi connectivity index (χ1n) is 9.23. The molecule has 3 N–H and O–H groups in total. The third-order valence-electron chi connectivity index (χ3n) is 4.76. The Morgan fingerprint density at radius 2 is 1.86 bits per heavy atom. The minimum atomic E-state index is -3.53. The zero-order valence-electron chi connectivity index (χ0n) is 15.4. The Morgan fingerprint density at radius 1 is 0.964 bits per heavy atom. The van der Waals surface area contributed by atoms with E-state index in [1.807, 2.05) is 18.3 Å². The van der Waals surface area contributed by atoms with E-state index >= 15 is 0 Å². The average Bonchev–Trinajstić information content (AvgIpc) is 3.13. The highest BCUT2D eigenvalue weighted by Crippen LogP contribution is 2.18. The number of fused-ring (bicyclic) bond motifs is 2. The van der Waals surface area contributed by atoms with Crippen LogP contribution in [0.5, 0.6) is 0 Å². The fourth-order valence-corrected chi connectivity index (χ4v) is 4.34. The van der Waals surface area contributed by atoms with Gasteiger partial charge in [-0.15, -0.1) is 0 Å². The van der Waals surface area contributed by atoms with Gasteiger partial charge in [0.1, 0.15) is 0 Å². The molecule has 0 spiro atoms. The largest absolute Gasteiger partial charge is 0.361 e. The van der Waals surface area contributed by atoms with Crippen LogP contribution in [0.15, 0.2) is 72.0 Å². The summed E-state index contributed by atoms with van der Waals surface area (Å²) in [7, 11) is -3.53. The minimum Gasteiger partial charge on any atom is -0.361 e. The van der Waals surface area contributed by atoms with Crippen LogP contribution in [0.1, 0.15) is 5.56 Å². The lowest BCUT2D eigenvalue weighted by Crippen LogP contribution is -2.32. The Kier molecular flexibility index (Phi) is 5.38. The number of benzene rings is 2. The van der Waals surface area contributed by atoms with E-state index in [1.54, 1.807) is 36.7 Å². The van der Waals surface area contributed by atoms with Gasteiger partial charge in [0.05, 0.1) is 4.90 Å². The lowest BCUT2D eigenvalue weighted by atomic mass is 10.1. The fraction of sp³-hybridized carbons (Fsp3) is 0.190. The Hall–Kier alpha value is -2.74. The van der Waals surface area contributed by atoms with Gasteiger partial charge in [-0.25, -0.2) is 13.1 Å². The zero-order chi connectivity index (χ0) is 19.4.